The van der Waals surface area contributed by atoms with Crippen LogP contribution in [-0.4, -0.2) is 26.4 Å². The van der Waals surface area contributed by atoms with Crippen molar-refractivity contribution in [2.75, 3.05) is 11.1 Å². The van der Waals surface area contributed by atoms with Gasteiger partial charge < -0.3 is 14.6 Å². The van der Waals surface area contributed by atoms with E-state index in [4.69, 9.17) is 4.74 Å². The highest BCUT2D eigenvalue weighted by Gasteiger charge is 2.14. The number of aryl methyl sites for hydroxylation is 2. The summed E-state index contributed by atoms with van der Waals surface area (Å²) in [5.41, 5.74) is 2.33. The lowest BCUT2D eigenvalue weighted by Crippen LogP contribution is -2.15. The molecule has 0 saturated heterocycles. The maximum absolute atomic E-state index is 13.2. The van der Waals surface area contributed by atoms with Crippen molar-refractivity contribution in [3.63, 3.8) is 0 Å². The minimum atomic E-state index is -0.327. The van der Waals surface area contributed by atoms with E-state index in [-0.39, 0.29) is 17.5 Å². The van der Waals surface area contributed by atoms with Crippen LogP contribution >= 0.6 is 11.8 Å². The Morgan fingerprint density at radius 3 is 2.69 bits per heavy atom. The van der Waals surface area contributed by atoms with E-state index in [0.29, 0.717) is 35.4 Å². The second-order valence-corrected chi connectivity index (χ2v) is 7.44. The number of hydrogen-bond donors (Lipinski definition) is 1. The lowest BCUT2D eigenvalue weighted by atomic mass is 10.2. The van der Waals surface area contributed by atoms with Crippen LogP contribution in [0.5, 0.6) is 5.75 Å². The van der Waals surface area contributed by atoms with Crippen molar-refractivity contribution >= 4 is 23.4 Å². The fraction of sp³-hybridized carbons (Fsp3) is 0.286. The van der Waals surface area contributed by atoms with Crippen LogP contribution in [0.2, 0.25) is 0 Å². The van der Waals surface area contributed by atoms with Gasteiger partial charge in [0.15, 0.2) is 11.0 Å². The zero-order valence-electron chi connectivity index (χ0n) is 16.6. The van der Waals surface area contributed by atoms with Gasteiger partial charge in [-0.05, 0) is 56.2 Å². The summed E-state index contributed by atoms with van der Waals surface area (Å²) in [5, 5.41) is 11.9. The summed E-state index contributed by atoms with van der Waals surface area (Å²) in [7, 11) is 0. The summed E-state index contributed by atoms with van der Waals surface area (Å²) >= 11 is 1.30. The van der Waals surface area contributed by atoms with Gasteiger partial charge in [-0.25, -0.2) is 4.39 Å². The SMILES string of the molecule is CCn1c(COc2ccccc2C)nnc1SCC(=O)Nc1ccc(F)cc1C. The van der Waals surface area contributed by atoms with Crippen molar-refractivity contribution < 1.29 is 13.9 Å². The van der Waals surface area contributed by atoms with Crippen molar-refractivity contribution in [3.05, 3.63) is 65.2 Å². The average Bonchev–Trinajstić information content (AvgIpc) is 3.10. The molecule has 1 heterocycles. The van der Waals surface area contributed by atoms with Crippen molar-refractivity contribution in [3.8, 4) is 5.75 Å². The second kappa shape index (κ2) is 9.56. The summed E-state index contributed by atoms with van der Waals surface area (Å²) in [4.78, 5) is 12.3. The molecule has 29 heavy (non-hydrogen) atoms. The molecule has 0 radical (unpaired) electrons. The van der Waals surface area contributed by atoms with Crippen LogP contribution in [0.4, 0.5) is 10.1 Å². The first-order valence-electron chi connectivity index (χ1n) is 9.27. The molecule has 0 aliphatic heterocycles. The number of rotatable bonds is 8. The molecule has 0 bridgehead atoms. The van der Waals surface area contributed by atoms with Gasteiger partial charge in [0.25, 0.3) is 0 Å². The number of hydrogen-bond acceptors (Lipinski definition) is 5. The Hall–Kier alpha value is -2.87. The Morgan fingerprint density at radius 1 is 1.17 bits per heavy atom. The molecule has 2 aromatic carbocycles. The Kier molecular flexibility index (Phi) is 6.87. The minimum absolute atomic E-state index is 0.174. The summed E-state index contributed by atoms with van der Waals surface area (Å²) in [5.74, 6) is 1.17. The number of amides is 1. The highest BCUT2D eigenvalue weighted by Crippen LogP contribution is 2.21. The van der Waals surface area contributed by atoms with Crippen LogP contribution in [0.15, 0.2) is 47.6 Å². The predicted octanol–water partition coefficient (Wildman–Crippen LogP) is 4.36. The number of carbonyl (C=O) groups excluding carboxylic acids is 1. The molecule has 0 aliphatic carbocycles. The van der Waals surface area contributed by atoms with E-state index in [1.54, 1.807) is 13.0 Å². The molecule has 1 amide bonds. The lowest BCUT2D eigenvalue weighted by molar-refractivity contribution is -0.113. The summed E-state index contributed by atoms with van der Waals surface area (Å²) in [6.07, 6.45) is 0. The fourth-order valence-corrected chi connectivity index (χ4v) is 3.62. The molecule has 3 rings (SSSR count). The van der Waals surface area contributed by atoms with Gasteiger partial charge in [-0.2, -0.15) is 0 Å². The van der Waals surface area contributed by atoms with E-state index in [9.17, 15) is 9.18 Å². The zero-order chi connectivity index (χ0) is 20.8. The van der Waals surface area contributed by atoms with Gasteiger partial charge in [-0.3, -0.25) is 4.79 Å². The molecule has 0 unspecified atom stereocenters. The van der Waals surface area contributed by atoms with Crippen LogP contribution in [0.3, 0.4) is 0 Å². The van der Waals surface area contributed by atoms with Gasteiger partial charge in [0, 0.05) is 12.2 Å². The molecule has 1 N–H and O–H groups in total. The van der Waals surface area contributed by atoms with E-state index in [1.807, 2.05) is 42.7 Å². The van der Waals surface area contributed by atoms with E-state index < -0.39 is 0 Å². The number of nitrogens with zero attached hydrogens (tertiary/aromatic N) is 3. The molecular formula is C21H23FN4O2S. The smallest absolute Gasteiger partial charge is 0.234 e. The number of nitrogens with one attached hydrogen (secondary N) is 1. The number of halogens is 1. The molecule has 0 saturated carbocycles. The molecule has 152 valence electrons. The molecular weight excluding hydrogens is 391 g/mol. The minimum Gasteiger partial charge on any atom is -0.485 e. The van der Waals surface area contributed by atoms with Gasteiger partial charge in [-0.15, -0.1) is 10.2 Å². The van der Waals surface area contributed by atoms with Crippen LogP contribution < -0.4 is 10.1 Å². The van der Waals surface area contributed by atoms with Crippen LogP contribution in [0, 0.1) is 19.7 Å². The highest BCUT2D eigenvalue weighted by molar-refractivity contribution is 7.99. The van der Waals surface area contributed by atoms with Crippen LogP contribution in [0.1, 0.15) is 23.9 Å². The van der Waals surface area contributed by atoms with Crippen LogP contribution in [0.25, 0.3) is 0 Å². The quantitative estimate of drug-likeness (QED) is 0.555. The average molecular weight is 415 g/mol. The maximum Gasteiger partial charge on any atom is 0.234 e. The van der Waals surface area contributed by atoms with Crippen LogP contribution in [-0.2, 0) is 17.9 Å². The highest BCUT2D eigenvalue weighted by atomic mass is 32.2. The normalized spacial score (nSPS) is 10.8. The third-order valence-corrected chi connectivity index (χ3v) is 5.32. The Bertz CT molecular complexity index is 1010. The Balaban J connectivity index is 1.59. The third kappa shape index (κ3) is 5.35. The Morgan fingerprint density at radius 2 is 1.97 bits per heavy atom. The topological polar surface area (TPSA) is 69.0 Å². The van der Waals surface area contributed by atoms with E-state index in [0.717, 1.165) is 11.3 Å². The van der Waals surface area contributed by atoms with Gasteiger partial charge in [0.2, 0.25) is 5.91 Å². The number of anilines is 1. The summed E-state index contributed by atoms with van der Waals surface area (Å²) < 4.78 is 21.0. The van der Waals surface area contributed by atoms with E-state index in [1.165, 1.54) is 23.9 Å². The number of thioether (sulfide) groups is 1. The van der Waals surface area contributed by atoms with Crippen molar-refractivity contribution in [1.29, 1.82) is 0 Å². The monoisotopic (exact) mass is 414 g/mol. The fourth-order valence-electron chi connectivity index (χ4n) is 2.79. The summed E-state index contributed by atoms with van der Waals surface area (Å²) in [6.45, 7) is 6.70. The second-order valence-electron chi connectivity index (χ2n) is 6.49. The molecule has 0 fully saturated rings. The molecule has 8 heteroatoms. The first kappa shape index (κ1) is 20.9. The summed E-state index contributed by atoms with van der Waals surface area (Å²) in [6, 6.07) is 12.1. The molecule has 3 aromatic rings. The number of ether oxygens (including phenoxy) is 1. The van der Waals surface area contributed by atoms with Gasteiger partial charge >= 0.3 is 0 Å². The van der Waals surface area contributed by atoms with Gasteiger partial charge in [-0.1, -0.05) is 30.0 Å². The van der Waals surface area contributed by atoms with Crippen molar-refractivity contribution in [2.45, 2.75) is 39.1 Å². The standard InChI is InChI=1S/C21H23FN4O2S/c1-4-26-19(12-28-18-8-6-5-7-14(18)2)24-25-21(26)29-13-20(27)23-17-10-9-16(22)11-15(17)3/h5-11H,4,12-13H2,1-3H3,(H,23,27). The van der Waals surface area contributed by atoms with Crippen molar-refractivity contribution in [2.24, 2.45) is 0 Å². The van der Waals surface area contributed by atoms with E-state index >= 15 is 0 Å². The lowest BCUT2D eigenvalue weighted by Gasteiger charge is -2.11. The largest absolute Gasteiger partial charge is 0.485 e. The Labute approximate surface area is 173 Å². The van der Waals surface area contributed by atoms with Crippen molar-refractivity contribution in [1.82, 2.24) is 14.8 Å². The van der Waals surface area contributed by atoms with E-state index in [2.05, 4.69) is 15.5 Å². The first-order valence-corrected chi connectivity index (χ1v) is 10.3. The molecule has 0 spiro atoms. The first-order chi connectivity index (χ1) is 14.0. The maximum atomic E-state index is 13.2. The molecule has 1 aromatic heterocycles. The molecule has 6 nitrogen and oxygen atoms in total. The van der Waals surface area contributed by atoms with Gasteiger partial charge in [0.1, 0.15) is 18.2 Å². The third-order valence-electron chi connectivity index (χ3n) is 4.35. The number of aromatic nitrogens is 3. The number of carbonyl (C=O) groups is 1. The molecule has 0 aliphatic rings. The molecule has 0 atom stereocenters. The number of para-hydroxylation sites is 1. The zero-order valence-corrected chi connectivity index (χ0v) is 17.4. The van der Waals surface area contributed by atoms with Gasteiger partial charge in [0.05, 0.1) is 5.75 Å². The predicted molar refractivity (Wildman–Crippen MR) is 112 cm³/mol. The number of benzene rings is 2.